The van der Waals surface area contributed by atoms with Gasteiger partial charge in [0.1, 0.15) is 12.4 Å². The zero-order valence-corrected chi connectivity index (χ0v) is 25.0. The number of nitriles is 1. The summed E-state index contributed by atoms with van der Waals surface area (Å²) < 4.78 is 6.33. The van der Waals surface area contributed by atoms with Crippen LogP contribution >= 0.6 is 0 Å². The highest BCUT2D eigenvalue weighted by Gasteiger charge is 2.35. The molecule has 0 N–H and O–H groups in total. The molecule has 3 aliphatic heterocycles. The van der Waals surface area contributed by atoms with Gasteiger partial charge in [0, 0.05) is 55.9 Å². The van der Waals surface area contributed by atoms with Crippen LogP contribution in [0.25, 0.3) is 0 Å². The maximum absolute atomic E-state index is 12.8. The molecule has 6 rings (SSSR count). The molecule has 1 aromatic carbocycles. The molecule has 2 saturated heterocycles. The number of benzene rings is 1. The van der Waals surface area contributed by atoms with E-state index in [0.29, 0.717) is 50.8 Å². The van der Waals surface area contributed by atoms with Gasteiger partial charge in [0.2, 0.25) is 5.91 Å². The monoisotopic (exact) mass is 569 g/mol. The number of hydrogen-bond donors (Lipinski definition) is 0. The molecule has 3 unspecified atom stereocenters. The van der Waals surface area contributed by atoms with Gasteiger partial charge in [-0.3, -0.25) is 4.79 Å². The van der Waals surface area contributed by atoms with Crippen LogP contribution in [0.1, 0.15) is 55.8 Å². The minimum absolute atomic E-state index is 0.0310. The minimum Gasteiger partial charge on any atom is -0.462 e. The van der Waals surface area contributed by atoms with E-state index in [9.17, 15) is 10.1 Å². The maximum Gasteiger partial charge on any atom is 0.318 e. The predicted molar refractivity (Wildman–Crippen MR) is 164 cm³/mol. The van der Waals surface area contributed by atoms with Crippen molar-refractivity contribution in [3.8, 4) is 12.1 Å². The zero-order valence-electron chi connectivity index (χ0n) is 25.0. The topological polar surface area (TPSA) is 88.8 Å². The van der Waals surface area contributed by atoms with E-state index in [0.717, 1.165) is 56.7 Å². The van der Waals surface area contributed by atoms with Crippen LogP contribution < -0.4 is 14.5 Å². The fourth-order valence-electron chi connectivity index (χ4n) is 7.31. The van der Waals surface area contributed by atoms with Gasteiger partial charge in [-0.15, -0.1) is 0 Å². The van der Waals surface area contributed by atoms with Crippen LogP contribution in [0, 0.1) is 11.3 Å². The Hall–Kier alpha value is -3.64. The number of ether oxygens (including phenoxy) is 1. The molecule has 1 aliphatic carbocycles. The van der Waals surface area contributed by atoms with Crippen molar-refractivity contribution >= 4 is 17.4 Å². The van der Waals surface area contributed by atoms with Gasteiger partial charge in [-0.1, -0.05) is 24.3 Å². The lowest BCUT2D eigenvalue weighted by Crippen LogP contribution is -2.55. The lowest BCUT2D eigenvalue weighted by Gasteiger charge is -2.43. The second-order valence-electron chi connectivity index (χ2n) is 12.2. The Morgan fingerprint density at radius 2 is 1.98 bits per heavy atom. The second kappa shape index (κ2) is 12.7. The number of piperazine rings is 1. The van der Waals surface area contributed by atoms with Gasteiger partial charge >= 0.3 is 6.01 Å². The summed E-state index contributed by atoms with van der Waals surface area (Å²) in [6.07, 6.45) is 11.1. The number of likely N-dealkylation sites (tertiary alicyclic amines) is 1. The molecule has 4 heterocycles. The first-order chi connectivity index (χ1) is 20.6. The van der Waals surface area contributed by atoms with Crippen LogP contribution in [0.4, 0.5) is 11.5 Å². The third-order valence-electron chi connectivity index (χ3n) is 9.57. The number of aromatic nitrogens is 2. The summed E-state index contributed by atoms with van der Waals surface area (Å²) >= 11 is 0. The Morgan fingerprint density at radius 3 is 2.79 bits per heavy atom. The Morgan fingerprint density at radius 1 is 1.10 bits per heavy atom. The van der Waals surface area contributed by atoms with Gasteiger partial charge in [-0.2, -0.15) is 15.2 Å². The quantitative estimate of drug-likeness (QED) is 0.466. The lowest BCUT2D eigenvalue weighted by molar-refractivity contribution is -0.128. The van der Waals surface area contributed by atoms with Gasteiger partial charge in [0.05, 0.1) is 24.2 Å². The van der Waals surface area contributed by atoms with Gasteiger partial charge in [0.25, 0.3) is 0 Å². The van der Waals surface area contributed by atoms with Crippen LogP contribution in [0.15, 0.2) is 36.4 Å². The van der Waals surface area contributed by atoms with Crippen LogP contribution in [0.2, 0.25) is 0 Å². The Kier molecular flexibility index (Phi) is 8.61. The summed E-state index contributed by atoms with van der Waals surface area (Å²) in [5.41, 5.74) is 5.09. The first-order valence-electron chi connectivity index (χ1n) is 15.7. The van der Waals surface area contributed by atoms with Crippen LogP contribution in [0.3, 0.4) is 0 Å². The molecule has 2 aromatic rings. The number of nitrogens with zero attached hydrogens (tertiary/aromatic N) is 7. The van der Waals surface area contributed by atoms with Crippen molar-refractivity contribution in [2.24, 2.45) is 0 Å². The van der Waals surface area contributed by atoms with Crippen molar-refractivity contribution in [2.45, 2.75) is 76.4 Å². The van der Waals surface area contributed by atoms with Crippen molar-refractivity contribution in [3.05, 3.63) is 53.2 Å². The molecule has 0 radical (unpaired) electrons. The number of aryl methyl sites for hydroxylation is 1. The van der Waals surface area contributed by atoms with E-state index < -0.39 is 0 Å². The molecule has 222 valence electrons. The Labute approximate surface area is 249 Å². The van der Waals surface area contributed by atoms with Gasteiger partial charge < -0.3 is 24.3 Å². The van der Waals surface area contributed by atoms with Crippen LogP contribution in [-0.2, 0) is 24.1 Å². The molecule has 1 amide bonds. The molecule has 0 bridgehead atoms. The van der Waals surface area contributed by atoms with Crippen LogP contribution in [0.5, 0.6) is 6.01 Å². The van der Waals surface area contributed by atoms with E-state index in [4.69, 9.17) is 14.7 Å². The van der Waals surface area contributed by atoms with E-state index in [1.807, 2.05) is 11.8 Å². The standard InChI is InChI=1S/C33H43N7O2/c1-3-8-31(41)40-20-19-38(22-26(40)15-16-34)32-28-14-13-25(39-18-6-10-24-9-4-5-12-30(24)39)21-29(28)35-33(36-32)42-23-27-11-7-17-37(27)2/h3-5,8-9,12,25-27H,6-7,10-11,13-15,17-23H2,1-2H3. The van der Waals surface area contributed by atoms with Crippen LogP contribution in [-0.4, -0.2) is 90.2 Å². The Bertz CT molecular complexity index is 1350. The first kappa shape index (κ1) is 28.5. The summed E-state index contributed by atoms with van der Waals surface area (Å²) in [5, 5.41) is 9.58. The third kappa shape index (κ3) is 5.82. The number of para-hydroxylation sites is 1. The SMILES string of the molecule is CC=CC(=O)N1CCN(c2nc(OCC3CCCN3C)nc3c2CCC(N2CCCc4ccccc42)C3)CC1CC#N. The number of amides is 1. The second-order valence-corrected chi connectivity index (χ2v) is 12.2. The predicted octanol–water partition coefficient (Wildman–Crippen LogP) is 3.77. The molecule has 4 aliphatic rings. The normalized spacial score (nSPS) is 24.4. The van der Waals surface area contributed by atoms with Gasteiger partial charge in [-0.25, -0.2) is 0 Å². The van der Waals surface area contributed by atoms with Gasteiger partial charge in [-0.05, 0) is 76.7 Å². The fraction of sp³-hybridized carbons (Fsp3) is 0.576. The molecule has 0 saturated carbocycles. The number of allylic oxidation sites excluding steroid dienone is 1. The van der Waals surface area contributed by atoms with Crippen molar-refractivity contribution in [1.29, 1.82) is 5.26 Å². The van der Waals surface area contributed by atoms with Crippen molar-refractivity contribution < 1.29 is 9.53 Å². The highest BCUT2D eigenvalue weighted by molar-refractivity contribution is 5.88. The van der Waals surface area contributed by atoms with E-state index in [1.54, 1.807) is 12.2 Å². The Balaban J connectivity index is 1.29. The highest BCUT2D eigenvalue weighted by Crippen LogP contribution is 2.37. The number of hydrogen-bond acceptors (Lipinski definition) is 8. The minimum atomic E-state index is -0.184. The molecule has 42 heavy (non-hydrogen) atoms. The fourth-order valence-corrected chi connectivity index (χ4v) is 7.31. The number of rotatable bonds is 7. The largest absolute Gasteiger partial charge is 0.462 e. The summed E-state index contributed by atoms with van der Waals surface area (Å²) in [6, 6.07) is 12.2. The first-order valence-corrected chi connectivity index (χ1v) is 15.7. The smallest absolute Gasteiger partial charge is 0.318 e. The number of carbonyl (C=O) groups is 1. The molecule has 9 nitrogen and oxygen atoms in total. The molecule has 3 atom stereocenters. The summed E-state index contributed by atoms with van der Waals surface area (Å²) in [5.74, 6) is 0.893. The molecule has 1 aromatic heterocycles. The maximum atomic E-state index is 12.8. The molecule has 0 spiro atoms. The summed E-state index contributed by atoms with van der Waals surface area (Å²) in [7, 11) is 2.16. The average Bonchev–Trinajstić information content (AvgIpc) is 3.43. The van der Waals surface area contributed by atoms with Gasteiger partial charge in [0.15, 0.2) is 0 Å². The van der Waals surface area contributed by atoms with E-state index >= 15 is 0 Å². The number of carbonyl (C=O) groups excluding carboxylic acids is 1. The highest BCUT2D eigenvalue weighted by atomic mass is 16.5. The molecular weight excluding hydrogens is 526 g/mol. The molecule has 2 fully saturated rings. The lowest BCUT2D eigenvalue weighted by atomic mass is 9.88. The average molecular weight is 570 g/mol. The molecular formula is C33H43N7O2. The zero-order chi connectivity index (χ0) is 29.1. The number of fused-ring (bicyclic) bond motifs is 2. The summed E-state index contributed by atoms with van der Waals surface area (Å²) in [6.45, 7) is 6.41. The molecule has 9 heteroatoms. The number of likely N-dealkylation sites (N-methyl/N-ethyl adjacent to an activating group) is 1. The summed E-state index contributed by atoms with van der Waals surface area (Å²) in [4.78, 5) is 31.9. The number of anilines is 2. The van der Waals surface area contributed by atoms with E-state index in [2.05, 4.69) is 52.1 Å². The van der Waals surface area contributed by atoms with E-state index in [-0.39, 0.29) is 11.9 Å². The van der Waals surface area contributed by atoms with Crippen molar-refractivity contribution in [1.82, 2.24) is 19.8 Å². The van der Waals surface area contributed by atoms with Crippen molar-refractivity contribution in [2.75, 3.05) is 56.2 Å². The van der Waals surface area contributed by atoms with E-state index in [1.165, 1.54) is 29.7 Å². The van der Waals surface area contributed by atoms with Crippen molar-refractivity contribution in [3.63, 3.8) is 0 Å². The third-order valence-corrected chi connectivity index (χ3v) is 9.57.